The second-order valence-corrected chi connectivity index (χ2v) is 7.86. The maximum absolute atomic E-state index is 12.8. The van der Waals surface area contributed by atoms with Gasteiger partial charge in [0.1, 0.15) is 11.5 Å². The molecule has 0 saturated carbocycles. The van der Waals surface area contributed by atoms with E-state index in [4.69, 9.17) is 4.74 Å². The molecule has 2 heterocycles. The average Bonchev–Trinajstić information content (AvgIpc) is 3.13. The van der Waals surface area contributed by atoms with E-state index in [1.165, 1.54) is 18.0 Å². The van der Waals surface area contributed by atoms with Crippen molar-refractivity contribution in [1.82, 2.24) is 9.80 Å². The Morgan fingerprint density at radius 1 is 0.677 bits per heavy atom. The lowest BCUT2D eigenvalue weighted by molar-refractivity contribution is 0.0646. The summed E-state index contributed by atoms with van der Waals surface area (Å²) in [5, 5.41) is 0. The highest BCUT2D eigenvalue weighted by atomic mass is 16.5. The topological polar surface area (TPSA) is 84.0 Å². The van der Waals surface area contributed by atoms with Crippen LogP contribution in [0.4, 0.5) is 0 Å². The van der Waals surface area contributed by atoms with Crippen LogP contribution in [0.1, 0.15) is 80.5 Å². The van der Waals surface area contributed by atoms with E-state index in [1.54, 1.807) is 30.3 Å². The summed E-state index contributed by atoms with van der Waals surface area (Å²) in [4.78, 5) is 51.9. The third-order valence-corrected chi connectivity index (χ3v) is 5.72. The van der Waals surface area contributed by atoms with Gasteiger partial charge < -0.3 is 4.74 Å². The minimum atomic E-state index is -0.380. The molecule has 0 radical (unpaired) electrons. The normalized spacial score (nSPS) is 15.0. The lowest BCUT2D eigenvalue weighted by atomic mass is 10.1. The number of carbonyl (C=O) groups excluding carboxylic acids is 4. The predicted octanol–water partition coefficient (Wildman–Crippen LogP) is 4.27. The molecule has 160 valence electrons. The lowest BCUT2D eigenvalue weighted by Crippen LogP contribution is -2.30. The van der Waals surface area contributed by atoms with E-state index in [0.717, 1.165) is 37.0 Å². The molecule has 31 heavy (non-hydrogen) atoms. The van der Waals surface area contributed by atoms with E-state index in [-0.39, 0.29) is 29.2 Å². The van der Waals surface area contributed by atoms with Crippen LogP contribution in [0.5, 0.6) is 11.5 Å². The number of nitrogens with zero attached hydrogens (tertiary/aromatic N) is 2. The number of hydrogen-bond donors (Lipinski definition) is 0. The van der Waals surface area contributed by atoms with Gasteiger partial charge in [-0.15, -0.1) is 0 Å². The van der Waals surface area contributed by atoms with Gasteiger partial charge in [0.2, 0.25) is 0 Å². The molecule has 0 aliphatic carbocycles. The molecule has 0 atom stereocenters. The second kappa shape index (κ2) is 8.34. The molecule has 2 aromatic rings. The van der Waals surface area contributed by atoms with Gasteiger partial charge in [-0.1, -0.05) is 32.6 Å². The smallest absolute Gasteiger partial charge is 0.261 e. The van der Waals surface area contributed by atoms with Crippen molar-refractivity contribution in [2.24, 2.45) is 0 Å². The average molecular weight is 420 g/mol. The molecule has 2 aliphatic heterocycles. The van der Waals surface area contributed by atoms with E-state index in [9.17, 15) is 19.2 Å². The summed E-state index contributed by atoms with van der Waals surface area (Å²) in [5.41, 5.74) is 1.32. The Balaban J connectivity index is 1.48. The Labute approximate surface area is 180 Å². The fourth-order valence-corrected chi connectivity index (χ4v) is 3.95. The Morgan fingerprint density at radius 2 is 1.19 bits per heavy atom. The molecule has 0 spiro atoms. The highest BCUT2D eigenvalue weighted by Gasteiger charge is 2.36. The van der Waals surface area contributed by atoms with Gasteiger partial charge in [0.25, 0.3) is 23.6 Å². The van der Waals surface area contributed by atoms with Crippen LogP contribution in [0.3, 0.4) is 0 Å². The minimum absolute atomic E-state index is 0.272. The number of amides is 4. The van der Waals surface area contributed by atoms with Crippen LogP contribution in [-0.2, 0) is 0 Å². The van der Waals surface area contributed by atoms with E-state index in [2.05, 4.69) is 6.92 Å². The molecular weight excluding hydrogens is 396 g/mol. The zero-order valence-electron chi connectivity index (χ0n) is 17.6. The van der Waals surface area contributed by atoms with Crippen LogP contribution in [0.15, 0.2) is 36.4 Å². The summed E-state index contributed by atoms with van der Waals surface area (Å²) < 4.78 is 5.83. The molecular formula is C24H24N2O5. The van der Waals surface area contributed by atoms with Crippen molar-refractivity contribution in [3.8, 4) is 11.5 Å². The number of hydrogen-bond acceptors (Lipinski definition) is 5. The molecule has 4 amide bonds. The first kappa shape index (κ1) is 20.8. The number of fused-ring (bicyclic) bond motifs is 2. The molecule has 0 aromatic heterocycles. The van der Waals surface area contributed by atoms with Crippen LogP contribution in [0, 0.1) is 0 Å². The van der Waals surface area contributed by atoms with Crippen LogP contribution >= 0.6 is 0 Å². The Morgan fingerprint density at radius 3 is 1.84 bits per heavy atom. The summed E-state index contributed by atoms with van der Waals surface area (Å²) in [6.07, 6.45) is 5.18. The minimum Gasteiger partial charge on any atom is -0.457 e. The van der Waals surface area contributed by atoms with Crippen LogP contribution in [-0.4, -0.2) is 47.0 Å². The summed E-state index contributed by atoms with van der Waals surface area (Å²) in [6, 6.07) is 9.45. The maximum atomic E-state index is 12.8. The van der Waals surface area contributed by atoms with Gasteiger partial charge in [-0.25, -0.2) is 0 Å². The largest absolute Gasteiger partial charge is 0.457 e. The first-order valence-electron chi connectivity index (χ1n) is 10.6. The molecule has 4 rings (SSSR count). The number of unbranched alkanes of at least 4 members (excludes halogenated alkanes) is 4. The lowest BCUT2D eigenvalue weighted by Gasteiger charge is -2.13. The van der Waals surface area contributed by atoms with Gasteiger partial charge in [-0.3, -0.25) is 29.0 Å². The predicted molar refractivity (Wildman–Crippen MR) is 114 cm³/mol. The standard InChI is InChI=1S/C24H24N2O5/c1-3-4-5-6-7-12-26-23(29)18-11-9-16(14-20(18)24(26)30)31-15-8-10-17-19(13-15)22(28)25(2)21(17)27/h8-11,13-14H,3-7,12H2,1-2H3. The van der Waals surface area contributed by atoms with Crippen molar-refractivity contribution >= 4 is 23.6 Å². The second-order valence-electron chi connectivity index (χ2n) is 7.86. The first-order valence-corrected chi connectivity index (χ1v) is 10.6. The highest BCUT2D eigenvalue weighted by Crippen LogP contribution is 2.32. The Kier molecular flexibility index (Phi) is 5.59. The fourth-order valence-electron chi connectivity index (χ4n) is 3.95. The van der Waals surface area contributed by atoms with Gasteiger partial charge in [-0.2, -0.15) is 0 Å². The highest BCUT2D eigenvalue weighted by molar-refractivity contribution is 6.22. The number of ether oxygens (including phenoxy) is 1. The molecule has 0 N–H and O–H groups in total. The SMILES string of the molecule is CCCCCCCN1C(=O)c2ccc(Oc3ccc4c(c3)C(=O)N(C)C4=O)cc2C1=O. The molecule has 0 fully saturated rings. The quantitative estimate of drug-likeness (QED) is 0.470. The van der Waals surface area contributed by atoms with Crippen LogP contribution in [0.25, 0.3) is 0 Å². The van der Waals surface area contributed by atoms with E-state index in [1.807, 2.05) is 0 Å². The van der Waals surface area contributed by atoms with Gasteiger partial charge >= 0.3 is 0 Å². The van der Waals surface area contributed by atoms with Crippen molar-refractivity contribution in [3.63, 3.8) is 0 Å². The summed E-state index contributed by atoms with van der Waals surface area (Å²) >= 11 is 0. The monoisotopic (exact) mass is 420 g/mol. The van der Waals surface area contributed by atoms with Crippen molar-refractivity contribution in [3.05, 3.63) is 58.7 Å². The molecule has 0 unspecified atom stereocenters. The Bertz CT molecular complexity index is 1090. The van der Waals surface area contributed by atoms with Crippen molar-refractivity contribution in [2.45, 2.75) is 39.0 Å². The van der Waals surface area contributed by atoms with Crippen molar-refractivity contribution < 1.29 is 23.9 Å². The van der Waals surface area contributed by atoms with Gasteiger partial charge in [0.05, 0.1) is 22.3 Å². The summed E-state index contributed by atoms with van der Waals surface area (Å²) in [6.45, 7) is 2.56. The number of carbonyl (C=O) groups is 4. The summed E-state index contributed by atoms with van der Waals surface area (Å²) in [7, 11) is 1.43. The first-order chi connectivity index (χ1) is 14.9. The van der Waals surface area contributed by atoms with Crippen molar-refractivity contribution in [2.75, 3.05) is 13.6 Å². The molecule has 7 heteroatoms. The van der Waals surface area contributed by atoms with E-state index >= 15 is 0 Å². The zero-order chi connectivity index (χ0) is 22.1. The fraction of sp³-hybridized carbons (Fsp3) is 0.333. The molecule has 0 bridgehead atoms. The van der Waals surface area contributed by atoms with Gasteiger partial charge in [0.15, 0.2) is 0 Å². The van der Waals surface area contributed by atoms with Crippen LogP contribution in [0.2, 0.25) is 0 Å². The van der Waals surface area contributed by atoms with Gasteiger partial charge in [0, 0.05) is 13.6 Å². The molecule has 7 nitrogen and oxygen atoms in total. The molecule has 2 aromatic carbocycles. The maximum Gasteiger partial charge on any atom is 0.261 e. The third kappa shape index (κ3) is 3.71. The van der Waals surface area contributed by atoms with Gasteiger partial charge in [-0.05, 0) is 42.8 Å². The number of rotatable bonds is 8. The number of imide groups is 2. The molecule has 2 aliphatic rings. The summed E-state index contributed by atoms with van der Waals surface area (Å²) in [5.74, 6) is -0.545. The Hall–Kier alpha value is -3.48. The number of benzene rings is 2. The third-order valence-electron chi connectivity index (χ3n) is 5.72. The van der Waals surface area contributed by atoms with Crippen molar-refractivity contribution in [1.29, 1.82) is 0 Å². The van der Waals surface area contributed by atoms with E-state index in [0.29, 0.717) is 34.7 Å². The molecule has 0 saturated heterocycles. The van der Waals surface area contributed by atoms with Crippen LogP contribution < -0.4 is 4.74 Å². The zero-order valence-corrected chi connectivity index (χ0v) is 17.6. The van der Waals surface area contributed by atoms with E-state index < -0.39 is 0 Å².